The smallest absolute Gasteiger partial charge is 0.0593 e. The minimum Gasteiger partial charge on any atom is -0.380 e. The van der Waals surface area contributed by atoms with E-state index in [1.165, 1.54) is 45.2 Å². The maximum atomic E-state index is 5.69. The number of hydrogen-bond acceptors (Lipinski definition) is 3. The molecule has 2 saturated carbocycles. The first kappa shape index (κ1) is 11.0. The Hall–Kier alpha value is -0.120. The maximum Gasteiger partial charge on any atom is 0.0593 e. The van der Waals surface area contributed by atoms with Crippen LogP contribution >= 0.6 is 0 Å². The standard InChI is InChI=1S/C13H24N2O/c1-2-11(1)10-16-8-7-15-6-5-13(9-15)14-12-3-4-12/h11-14H,1-10H2. The zero-order chi connectivity index (χ0) is 10.8. The molecule has 1 saturated heterocycles. The molecular formula is C13H24N2O. The van der Waals surface area contributed by atoms with E-state index < -0.39 is 0 Å². The topological polar surface area (TPSA) is 24.5 Å². The molecule has 1 N–H and O–H groups in total. The SMILES string of the molecule is C(CN1CCC(NC2CC2)C1)OCC1CC1. The Morgan fingerprint density at radius 2 is 1.94 bits per heavy atom. The molecule has 1 heterocycles. The Kier molecular flexibility index (Phi) is 3.46. The Balaban J connectivity index is 1.24. The van der Waals surface area contributed by atoms with Crippen molar-refractivity contribution in [2.45, 2.75) is 44.2 Å². The van der Waals surface area contributed by atoms with Gasteiger partial charge in [0.2, 0.25) is 0 Å². The minimum atomic E-state index is 0.760. The van der Waals surface area contributed by atoms with Gasteiger partial charge in [0.25, 0.3) is 0 Å². The molecule has 0 bridgehead atoms. The minimum absolute atomic E-state index is 0.760. The summed E-state index contributed by atoms with van der Waals surface area (Å²) in [6, 6.07) is 1.62. The first-order chi connectivity index (χ1) is 7.90. The van der Waals surface area contributed by atoms with Gasteiger partial charge < -0.3 is 10.1 Å². The van der Waals surface area contributed by atoms with E-state index in [1.807, 2.05) is 0 Å². The highest BCUT2D eigenvalue weighted by molar-refractivity contribution is 4.89. The summed E-state index contributed by atoms with van der Waals surface area (Å²) in [6.45, 7) is 5.58. The van der Waals surface area contributed by atoms with Crippen LogP contribution in [-0.4, -0.2) is 49.8 Å². The van der Waals surface area contributed by atoms with Crippen molar-refractivity contribution in [3.63, 3.8) is 0 Å². The fourth-order valence-corrected chi connectivity index (χ4v) is 2.48. The molecule has 3 rings (SSSR count). The monoisotopic (exact) mass is 224 g/mol. The highest BCUT2D eigenvalue weighted by Crippen LogP contribution is 2.28. The van der Waals surface area contributed by atoms with Crippen molar-refractivity contribution in [3.05, 3.63) is 0 Å². The Bertz CT molecular complexity index is 226. The highest BCUT2D eigenvalue weighted by atomic mass is 16.5. The van der Waals surface area contributed by atoms with Crippen molar-refractivity contribution in [1.29, 1.82) is 0 Å². The van der Waals surface area contributed by atoms with Crippen molar-refractivity contribution in [2.75, 3.05) is 32.8 Å². The zero-order valence-electron chi connectivity index (χ0n) is 10.2. The number of hydrogen-bond donors (Lipinski definition) is 1. The first-order valence-corrected chi connectivity index (χ1v) is 6.96. The normalized spacial score (nSPS) is 31.1. The van der Waals surface area contributed by atoms with Crippen LogP contribution in [0.15, 0.2) is 0 Å². The van der Waals surface area contributed by atoms with Gasteiger partial charge in [-0.15, -0.1) is 0 Å². The number of nitrogens with zero attached hydrogens (tertiary/aromatic N) is 1. The van der Waals surface area contributed by atoms with Crippen LogP contribution in [0.5, 0.6) is 0 Å². The van der Waals surface area contributed by atoms with Crippen LogP contribution in [0.4, 0.5) is 0 Å². The van der Waals surface area contributed by atoms with Crippen molar-refractivity contribution in [2.24, 2.45) is 5.92 Å². The number of likely N-dealkylation sites (tertiary alicyclic amines) is 1. The third-order valence-electron chi connectivity index (χ3n) is 3.92. The third kappa shape index (κ3) is 3.44. The number of rotatable bonds is 7. The zero-order valence-corrected chi connectivity index (χ0v) is 10.2. The molecule has 1 aliphatic heterocycles. The van der Waals surface area contributed by atoms with E-state index in [-0.39, 0.29) is 0 Å². The molecular weight excluding hydrogens is 200 g/mol. The van der Waals surface area contributed by atoms with Gasteiger partial charge in [0.05, 0.1) is 6.61 Å². The summed E-state index contributed by atoms with van der Waals surface area (Å²) >= 11 is 0. The van der Waals surface area contributed by atoms with Gasteiger partial charge in [-0.2, -0.15) is 0 Å². The number of nitrogens with one attached hydrogen (secondary N) is 1. The van der Waals surface area contributed by atoms with Crippen LogP contribution in [0.25, 0.3) is 0 Å². The van der Waals surface area contributed by atoms with Crippen LogP contribution in [0.2, 0.25) is 0 Å². The highest BCUT2D eigenvalue weighted by Gasteiger charge is 2.29. The predicted octanol–water partition coefficient (Wildman–Crippen LogP) is 1.24. The fourth-order valence-electron chi connectivity index (χ4n) is 2.48. The van der Waals surface area contributed by atoms with Gasteiger partial charge >= 0.3 is 0 Å². The van der Waals surface area contributed by atoms with E-state index in [2.05, 4.69) is 10.2 Å². The third-order valence-corrected chi connectivity index (χ3v) is 3.92. The maximum absolute atomic E-state index is 5.69. The molecule has 2 aliphatic carbocycles. The van der Waals surface area contributed by atoms with Gasteiger partial charge in [-0.25, -0.2) is 0 Å². The van der Waals surface area contributed by atoms with Gasteiger partial charge in [-0.1, -0.05) is 0 Å². The Labute approximate surface area is 98.5 Å². The lowest BCUT2D eigenvalue weighted by Crippen LogP contribution is -2.34. The van der Waals surface area contributed by atoms with E-state index in [0.29, 0.717) is 0 Å². The molecule has 3 aliphatic rings. The lowest BCUT2D eigenvalue weighted by atomic mass is 10.2. The molecule has 0 spiro atoms. The second-order valence-electron chi connectivity index (χ2n) is 5.75. The van der Waals surface area contributed by atoms with E-state index in [4.69, 9.17) is 4.74 Å². The van der Waals surface area contributed by atoms with Crippen LogP contribution in [0.3, 0.4) is 0 Å². The molecule has 0 amide bonds. The quantitative estimate of drug-likeness (QED) is 0.659. The summed E-state index contributed by atoms with van der Waals surface area (Å²) in [7, 11) is 0. The molecule has 0 radical (unpaired) electrons. The van der Waals surface area contributed by atoms with Gasteiger partial charge in [0.15, 0.2) is 0 Å². The van der Waals surface area contributed by atoms with Crippen LogP contribution in [-0.2, 0) is 4.74 Å². The Morgan fingerprint density at radius 3 is 2.69 bits per heavy atom. The molecule has 0 aromatic carbocycles. The molecule has 3 nitrogen and oxygen atoms in total. The van der Waals surface area contributed by atoms with E-state index in [0.717, 1.165) is 37.8 Å². The molecule has 92 valence electrons. The van der Waals surface area contributed by atoms with Crippen molar-refractivity contribution >= 4 is 0 Å². The van der Waals surface area contributed by atoms with Gasteiger partial charge in [0.1, 0.15) is 0 Å². The second kappa shape index (κ2) is 5.03. The first-order valence-electron chi connectivity index (χ1n) is 6.96. The van der Waals surface area contributed by atoms with Crippen LogP contribution < -0.4 is 5.32 Å². The molecule has 0 aromatic heterocycles. The van der Waals surface area contributed by atoms with Crippen molar-refractivity contribution < 1.29 is 4.74 Å². The largest absolute Gasteiger partial charge is 0.380 e. The molecule has 16 heavy (non-hydrogen) atoms. The van der Waals surface area contributed by atoms with Gasteiger partial charge in [-0.3, -0.25) is 4.90 Å². The molecule has 1 unspecified atom stereocenters. The molecule has 3 heteroatoms. The summed E-state index contributed by atoms with van der Waals surface area (Å²) in [4.78, 5) is 2.55. The summed E-state index contributed by atoms with van der Waals surface area (Å²) in [5.41, 5.74) is 0. The van der Waals surface area contributed by atoms with Crippen molar-refractivity contribution in [1.82, 2.24) is 10.2 Å². The summed E-state index contributed by atoms with van der Waals surface area (Å²) in [5, 5.41) is 3.72. The van der Waals surface area contributed by atoms with Crippen LogP contribution in [0.1, 0.15) is 32.1 Å². The lowest BCUT2D eigenvalue weighted by molar-refractivity contribution is 0.102. The molecule has 0 aromatic rings. The van der Waals surface area contributed by atoms with Gasteiger partial charge in [0, 0.05) is 31.8 Å². The summed E-state index contributed by atoms with van der Waals surface area (Å²) < 4.78 is 5.69. The van der Waals surface area contributed by atoms with Crippen LogP contribution in [0, 0.1) is 5.92 Å². The van der Waals surface area contributed by atoms with E-state index >= 15 is 0 Å². The van der Waals surface area contributed by atoms with Crippen molar-refractivity contribution in [3.8, 4) is 0 Å². The summed E-state index contributed by atoms with van der Waals surface area (Å²) in [6.07, 6.45) is 6.94. The molecule has 1 atom stereocenters. The average Bonchev–Trinajstić information content (AvgIpc) is 3.16. The van der Waals surface area contributed by atoms with E-state index in [1.54, 1.807) is 0 Å². The second-order valence-corrected chi connectivity index (χ2v) is 5.75. The summed E-state index contributed by atoms with van der Waals surface area (Å²) in [5.74, 6) is 0.905. The lowest BCUT2D eigenvalue weighted by Gasteiger charge is -2.16. The molecule has 3 fully saturated rings. The van der Waals surface area contributed by atoms with E-state index in [9.17, 15) is 0 Å². The number of ether oxygens (including phenoxy) is 1. The predicted molar refractivity (Wildman–Crippen MR) is 64.5 cm³/mol. The van der Waals surface area contributed by atoms with Gasteiger partial charge in [-0.05, 0) is 44.6 Å². The Morgan fingerprint density at radius 1 is 1.06 bits per heavy atom. The fraction of sp³-hybridized carbons (Fsp3) is 1.00. The average molecular weight is 224 g/mol.